The Morgan fingerprint density at radius 3 is 2.56 bits per heavy atom. The number of hydrogen-bond donors (Lipinski definition) is 2. The van der Waals surface area contributed by atoms with E-state index in [1.807, 2.05) is 42.5 Å². The summed E-state index contributed by atoms with van der Waals surface area (Å²) >= 11 is 0. The van der Waals surface area contributed by atoms with Crippen LogP contribution in [0.2, 0.25) is 0 Å². The zero-order chi connectivity index (χ0) is 22.5. The lowest BCUT2D eigenvalue weighted by Gasteiger charge is -2.09. The molecule has 0 saturated carbocycles. The van der Waals surface area contributed by atoms with Crippen LogP contribution >= 0.6 is 0 Å². The Labute approximate surface area is 184 Å². The van der Waals surface area contributed by atoms with Gasteiger partial charge in [0.25, 0.3) is 5.91 Å². The van der Waals surface area contributed by atoms with Crippen LogP contribution < -0.4 is 19.6 Å². The Kier molecular flexibility index (Phi) is 6.03. The molecule has 0 atom stereocenters. The highest BCUT2D eigenvalue weighted by Gasteiger charge is 2.16. The quantitative estimate of drug-likeness (QED) is 0.341. The second-order valence-corrected chi connectivity index (χ2v) is 6.81. The molecular formula is C24H22N4O4. The second kappa shape index (κ2) is 9.22. The molecule has 3 aromatic carbocycles. The van der Waals surface area contributed by atoms with Crippen molar-refractivity contribution in [2.45, 2.75) is 0 Å². The minimum Gasteiger partial charge on any atom is -0.496 e. The normalized spacial score (nSPS) is 11.0. The third kappa shape index (κ3) is 3.98. The number of carbonyl (C=O) groups is 1. The van der Waals surface area contributed by atoms with Crippen LogP contribution in [0.4, 0.5) is 0 Å². The van der Waals surface area contributed by atoms with Crippen LogP contribution in [0, 0.1) is 0 Å². The molecule has 0 saturated heterocycles. The number of nitrogens with one attached hydrogen (secondary N) is 2. The molecule has 0 aliphatic carbocycles. The van der Waals surface area contributed by atoms with Crippen molar-refractivity contribution >= 4 is 22.9 Å². The van der Waals surface area contributed by atoms with Crippen LogP contribution in [0.25, 0.3) is 22.0 Å². The van der Waals surface area contributed by atoms with E-state index in [0.717, 1.165) is 16.3 Å². The summed E-state index contributed by atoms with van der Waals surface area (Å²) in [7, 11) is 4.71. The number of aromatic nitrogens is 2. The van der Waals surface area contributed by atoms with Gasteiger partial charge in [0, 0.05) is 5.56 Å². The summed E-state index contributed by atoms with van der Waals surface area (Å²) in [5.74, 6) is 1.34. The summed E-state index contributed by atoms with van der Waals surface area (Å²) in [5.41, 5.74) is 4.84. The SMILES string of the molecule is COc1cccc(/C=N/NC(=O)c2cc(-c3c(OC)ccc4ccccc34)n[nH]2)c1OC. The number of hydrazone groups is 1. The van der Waals surface area contributed by atoms with Crippen LogP contribution in [-0.2, 0) is 0 Å². The molecule has 0 radical (unpaired) electrons. The molecule has 0 spiro atoms. The Bertz CT molecular complexity index is 1300. The number of methoxy groups -OCH3 is 3. The number of fused-ring (bicyclic) bond motifs is 1. The number of ether oxygens (including phenoxy) is 3. The summed E-state index contributed by atoms with van der Waals surface area (Å²) in [6.45, 7) is 0. The molecule has 0 aliphatic rings. The minimum atomic E-state index is -0.430. The van der Waals surface area contributed by atoms with Gasteiger partial charge < -0.3 is 14.2 Å². The molecule has 4 aromatic rings. The summed E-state index contributed by atoms with van der Waals surface area (Å²) in [4.78, 5) is 12.6. The van der Waals surface area contributed by atoms with Crippen LogP contribution in [0.15, 0.2) is 65.8 Å². The highest BCUT2D eigenvalue weighted by molar-refractivity contribution is 6.00. The number of rotatable bonds is 7. The molecular weight excluding hydrogens is 408 g/mol. The molecule has 2 N–H and O–H groups in total. The van der Waals surface area contributed by atoms with E-state index >= 15 is 0 Å². The van der Waals surface area contributed by atoms with Crippen molar-refractivity contribution in [2.75, 3.05) is 21.3 Å². The standard InChI is InChI=1S/C24H22N4O4/c1-30-20-12-11-15-7-4-5-9-17(15)22(20)18-13-19(27-26-18)24(29)28-25-14-16-8-6-10-21(31-2)23(16)32-3/h4-14H,1-3H3,(H,26,27)(H,28,29)/b25-14+. The van der Waals surface area contributed by atoms with E-state index in [-0.39, 0.29) is 5.69 Å². The summed E-state index contributed by atoms with van der Waals surface area (Å²) in [5, 5.41) is 13.2. The first kappa shape index (κ1) is 20.9. The molecule has 162 valence electrons. The van der Waals surface area contributed by atoms with E-state index in [1.165, 1.54) is 6.21 Å². The Morgan fingerprint density at radius 2 is 1.78 bits per heavy atom. The number of para-hydroxylation sites is 1. The van der Waals surface area contributed by atoms with Gasteiger partial charge in [-0.05, 0) is 35.0 Å². The first-order valence-corrected chi connectivity index (χ1v) is 9.82. The van der Waals surface area contributed by atoms with Gasteiger partial charge in [-0.3, -0.25) is 9.89 Å². The third-order valence-corrected chi connectivity index (χ3v) is 4.99. The van der Waals surface area contributed by atoms with Crippen LogP contribution in [-0.4, -0.2) is 43.6 Å². The highest BCUT2D eigenvalue weighted by Crippen LogP contribution is 2.36. The molecule has 8 heteroatoms. The van der Waals surface area contributed by atoms with E-state index in [2.05, 4.69) is 20.7 Å². The number of benzene rings is 3. The van der Waals surface area contributed by atoms with Gasteiger partial charge in [0.1, 0.15) is 11.4 Å². The number of carbonyl (C=O) groups excluding carboxylic acids is 1. The van der Waals surface area contributed by atoms with E-state index in [1.54, 1.807) is 39.5 Å². The summed E-state index contributed by atoms with van der Waals surface area (Å²) < 4.78 is 16.2. The van der Waals surface area contributed by atoms with Gasteiger partial charge in [-0.15, -0.1) is 0 Å². The molecule has 32 heavy (non-hydrogen) atoms. The second-order valence-electron chi connectivity index (χ2n) is 6.81. The lowest BCUT2D eigenvalue weighted by atomic mass is 10.0. The van der Waals surface area contributed by atoms with Gasteiger partial charge in [0.2, 0.25) is 0 Å². The topological polar surface area (TPSA) is 97.8 Å². The number of amides is 1. The molecule has 1 heterocycles. The van der Waals surface area contributed by atoms with Gasteiger partial charge in [-0.25, -0.2) is 5.43 Å². The van der Waals surface area contributed by atoms with Crippen molar-refractivity contribution in [3.63, 3.8) is 0 Å². The van der Waals surface area contributed by atoms with Crippen molar-refractivity contribution in [2.24, 2.45) is 5.10 Å². The van der Waals surface area contributed by atoms with Gasteiger partial charge >= 0.3 is 0 Å². The lowest BCUT2D eigenvalue weighted by molar-refractivity contribution is 0.0950. The maximum absolute atomic E-state index is 12.6. The average molecular weight is 430 g/mol. The molecule has 0 aliphatic heterocycles. The van der Waals surface area contributed by atoms with Crippen molar-refractivity contribution in [1.29, 1.82) is 0 Å². The predicted molar refractivity (Wildman–Crippen MR) is 123 cm³/mol. The van der Waals surface area contributed by atoms with Crippen LogP contribution in [0.1, 0.15) is 16.1 Å². The first-order chi connectivity index (χ1) is 15.7. The molecule has 0 unspecified atom stereocenters. The zero-order valence-corrected chi connectivity index (χ0v) is 17.9. The fourth-order valence-electron chi connectivity index (χ4n) is 3.49. The van der Waals surface area contributed by atoms with E-state index in [9.17, 15) is 4.79 Å². The van der Waals surface area contributed by atoms with Crippen molar-refractivity contribution in [3.8, 4) is 28.5 Å². The van der Waals surface area contributed by atoms with Crippen LogP contribution in [0.3, 0.4) is 0 Å². The van der Waals surface area contributed by atoms with E-state index < -0.39 is 5.91 Å². The number of H-pyrrole nitrogens is 1. The molecule has 1 aromatic heterocycles. The fourth-order valence-corrected chi connectivity index (χ4v) is 3.49. The summed E-state index contributed by atoms with van der Waals surface area (Å²) in [6, 6.07) is 18.9. The van der Waals surface area contributed by atoms with Crippen molar-refractivity contribution in [3.05, 3.63) is 71.9 Å². The smallest absolute Gasteiger partial charge is 0.289 e. The third-order valence-electron chi connectivity index (χ3n) is 4.99. The van der Waals surface area contributed by atoms with E-state index in [4.69, 9.17) is 14.2 Å². The first-order valence-electron chi connectivity index (χ1n) is 9.82. The Morgan fingerprint density at radius 1 is 0.969 bits per heavy atom. The average Bonchev–Trinajstić information content (AvgIpc) is 3.33. The Balaban J connectivity index is 1.57. The largest absolute Gasteiger partial charge is 0.496 e. The number of nitrogens with zero attached hydrogens (tertiary/aromatic N) is 2. The molecule has 1 amide bonds. The van der Waals surface area contributed by atoms with E-state index in [0.29, 0.717) is 28.5 Å². The molecule has 0 bridgehead atoms. The zero-order valence-electron chi connectivity index (χ0n) is 17.9. The van der Waals surface area contributed by atoms with Gasteiger partial charge in [0.15, 0.2) is 11.5 Å². The minimum absolute atomic E-state index is 0.268. The maximum atomic E-state index is 12.6. The molecule has 8 nitrogen and oxygen atoms in total. The maximum Gasteiger partial charge on any atom is 0.289 e. The van der Waals surface area contributed by atoms with Crippen LogP contribution in [0.5, 0.6) is 17.2 Å². The van der Waals surface area contributed by atoms with Crippen molar-refractivity contribution < 1.29 is 19.0 Å². The van der Waals surface area contributed by atoms with Crippen molar-refractivity contribution in [1.82, 2.24) is 15.6 Å². The molecule has 0 fully saturated rings. The number of hydrogen-bond acceptors (Lipinski definition) is 6. The number of aromatic amines is 1. The van der Waals surface area contributed by atoms with Gasteiger partial charge in [-0.1, -0.05) is 36.4 Å². The lowest BCUT2D eigenvalue weighted by Crippen LogP contribution is -2.18. The fraction of sp³-hybridized carbons (Fsp3) is 0.125. The van der Waals surface area contributed by atoms with Gasteiger partial charge in [-0.2, -0.15) is 10.2 Å². The molecule has 4 rings (SSSR count). The van der Waals surface area contributed by atoms with Gasteiger partial charge in [0.05, 0.1) is 38.8 Å². The highest BCUT2D eigenvalue weighted by atomic mass is 16.5. The Hall–Kier alpha value is -4.33. The predicted octanol–water partition coefficient (Wildman–Crippen LogP) is 4.02. The summed E-state index contributed by atoms with van der Waals surface area (Å²) in [6.07, 6.45) is 1.49. The monoisotopic (exact) mass is 430 g/mol.